The zero-order valence-corrected chi connectivity index (χ0v) is 16.5. The Balaban J connectivity index is 1.51. The molecule has 0 saturated heterocycles. The van der Waals surface area contributed by atoms with Gasteiger partial charge in [0.2, 0.25) is 5.91 Å². The highest BCUT2D eigenvalue weighted by Crippen LogP contribution is 2.41. The lowest BCUT2D eigenvalue weighted by Crippen LogP contribution is -2.14. The van der Waals surface area contributed by atoms with E-state index in [1.54, 1.807) is 12.5 Å². The van der Waals surface area contributed by atoms with E-state index in [-0.39, 0.29) is 11.8 Å². The van der Waals surface area contributed by atoms with Crippen LogP contribution < -0.4 is 10.6 Å². The topological polar surface area (TPSA) is 97.6 Å². The Bertz CT molecular complexity index is 1130. The summed E-state index contributed by atoms with van der Waals surface area (Å²) < 4.78 is 1.84. The summed E-state index contributed by atoms with van der Waals surface area (Å²) in [6.07, 6.45) is 11.3. The van der Waals surface area contributed by atoms with Gasteiger partial charge < -0.3 is 10.6 Å². The Labute approximate surface area is 168 Å². The van der Waals surface area contributed by atoms with Crippen molar-refractivity contribution in [2.45, 2.75) is 31.6 Å². The van der Waals surface area contributed by atoms with Crippen LogP contribution in [0, 0.1) is 5.92 Å². The maximum absolute atomic E-state index is 12.2. The summed E-state index contributed by atoms with van der Waals surface area (Å²) in [5.74, 6) is 2.88. The van der Waals surface area contributed by atoms with E-state index in [4.69, 9.17) is 0 Å². The van der Waals surface area contributed by atoms with Crippen LogP contribution in [-0.2, 0) is 11.8 Å². The number of aryl methyl sites for hydroxylation is 1. The van der Waals surface area contributed by atoms with E-state index >= 15 is 0 Å². The van der Waals surface area contributed by atoms with E-state index in [9.17, 15) is 4.79 Å². The normalized spacial score (nSPS) is 18.7. The van der Waals surface area contributed by atoms with Crippen LogP contribution >= 0.6 is 0 Å². The third-order valence-electron chi connectivity index (χ3n) is 5.78. The number of carbonyl (C=O) groups excluding carboxylic acids is 1. The van der Waals surface area contributed by atoms with Gasteiger partial charge in [0.15, 0.2) is 0 Å². The third-order valence-corrected chi connectivity index (χ3v) is 5.78. The van der Waals surface area contributed by atoms with Crippen molar-refractivity contribution in [1.82, 2.24) is 24.7 Å². The Morgan fingerprint density at radius 3 is 2.76 bits per heavy atom. The van der Waals surface area contributed by atoms with Crippen LogP contribution in [0.3, 0.4) is 0 Å². The van der Waals surface area contributed by atoms with E-state index in [0.717, 1.165) is 53.7 Å². The highest BCUT2D eigenvalue weighted by molar-refractivity contribution is 6.02. The summed E-state index contributed by atoms with van der Waals surface area (Å²) in [5.41, 5.74) is 2.32. The van der Waals surface area contributed by atoms with E-state index in [0.29, 0.717) is 11.7 Å². The molecular weight excluding hydrogens is 366 g/mol. The average Bonchev–Trinajstić information content (AvgIpc) is 3.33. The largest absolute Gasteiger partial charge is 0.373 e. The van der Waals surface area contributed by atoms with E-state index in [2.05, 4.69) is 36.8 Å². The number of hydrogen-bond donors (Lipinski definition) is 2. The smallest absolute Gasteiger partial charge is 0.228 e. The van der Waals surface area contributed by atoms with Gasteiger partial charge in [0.25, 0.3) is 0 Å². The van der Waals surface area contributed by atoms with Gasteiger partial charge in [0.1, 0.15) is 23.8 Å². The van der Waals surface area contributed by atoms with Gasteiger partial charge in [-0.2, -0.15) is 5.10 Å². The molecule has 5 rings (SSSR count). The predicted molar refractivity (Wildman–Crippen MR) is 111 cm³/mol. The number of amides is 1. The van der Waals surface area contributed by atoms with Crippen molar-refractivity contribution < 1.29 is 4.79 Å². The molecule has 1 unspecified atom stereocenters. The molecule has 1 fully saturated rings. The van der Waals surface area contributed by atoms with Gasteiger partial charge in [-0.1, -0.05) is 6.08 Å². The highest BCUT2D eigenvalue weighted by Gasteiger charge is 2.30. The number of allylic oxidation sites excluding steroid dienone is 2. The van der Waals surface area contributed by atoms with Crippen LogP contribution in [0.1, 0.15) is 43.0 Å². The van der Waals surface area contributed by atoms with Gasteiger partial charge in [-0.15, -0.1) is 0 Å². The zero-order chi connectivity index (χ0) is 20.0. The monoisotopic (exact) mass is 389 g/mol. The minimum absolute atomic E-state index is 0.0590. The Morgan fingerprint density at radius 2 is 2.03 bits per heavy atom. The van der Waals surface area contributed by atoms with Crippen LogP contribution in [-0.4, -0.2) is 37.7 Å². The minimum atomic E-state index is 0.0590. The molecule has 2 N–H and O–H groups in total. The summed E-state index contributed by atoms with van der Waals surface area (Å²) in [6, 6.07) is 1.96. The molecule has 29 heavy (non-hydrogen) atoms. The molecule has 2 aliphatic rings. The van der Waals surface area contributed by atoms with E-state index < -0.39 is 0 Å². The van der Waals surface area contributed by atoms with Crippen molar-refractivity contribution in [3.63, 3.8) is 0 Å². The van der Waals surface area contributed by atoms with Gasteiger partial charge in [-0.05, 0) is 42.7 Å². The molecule has 2 aliphatic carbocycles. The maximum atomic E-state index is 12.2. The molecular formula is C21H23N7O. The summed E-state index contributed by atoms with van der Waals surface area (Å²) in [7, 11) is 3.78. The first-order chi connectivity index (χ1) is 14.1. The fraction of sp³-hybridized carbons (Fsp3) is 0.381. The second-order valence-electron chi connectivity index (χ2n) is 7.76. The number of rotatable bonds is 5. The number of carbonyl (C=O) groups is 1. The van der Waals surface area contributed by atoms with Crippen molar-refractivity contribution in [3.8, 4) is 0 Å². The predicted octanol–water partition coefficient (Wildman–Crippen LogP) is 3.11. The van der Waals surface area contributed by atoms with Crippen LogP contribution in [0.4, 0.5) is 11.6 Å². The van der Waals surface area contributed by atoms with Gasteiger partial charge >= 0.3 is 0 Å². The lowest BCUT2D eigenvalue weighted by molar-refractivity contribution is -0.117. The molecule has 3 heterocycles. The highest BCUT2D eigenvalue weighted by atomic mass is 16.2. The summed E-state index contributed by atoms with van der Waals surface area (Å²) >= 11 is 0. The van der Waals surface area contributed by atoms with Crippen LogP contribution in [0.15, 0.2) is 30.9 Å². The van der Waals surface area contributed by atoms with Crippen LogP contribution in [0.5, 0.6) is 0 Å². The third kappa shape index (κ3) is 3.24. The molecule has 1 amide bonds. The van der Waals surface area contributed by atoms with Gasteiger partial charge in [-0.25, -0.2) is 15.0 Å². The van der Waals surface area contributed by atoms with Gasteiger partial charge in [-0.3, -0.25) is 9.48 Å². The van der Waals surface area contributed by atoms with Crippen LogP contribution in [0.25, 0.3) is 16.3 Å². The number of aromatic nitrogens is 5. The number of nitrogens with zero attached hydrogens (tertiary/aromatic N) is 5. The summed E-state index contributed by atoms with van der Waals surface area (Å²) in [4.78, 5) is 25.6. The first-order valence-electron chi connectivity index (χ1n) is 9.94. The Kier molecular flexibility index (Phi) is 4.26. The number of pyridine rings is 2. The first-order valence-corrected chi connectivity index (χ1v) is 9.94. The number of anilines is 2. The van der Waals surface area contributed by atoms with Crippen molar-refractivity contribution in [3.05, 3.63) is 42.3 Å². The maximum Gasteiger partial charge on any atom is 0.228 e. The lowest BCUT2D eigenvalue weighted by atomic mass is 9.97. The first kappa shape index (κ1) is 17.8. The molecule has 0 bridgehead atoms. The summed E-state index contributed by atoms with van der Waals surface area (Å²) in [6.45, 7) is 0. The lowest BCUT2D eigenvalue weighted by Gasteiger charge is -2.14. The molecule has 0 aromatic carbocycles. The van der Waals surface area contributed by atoms with Gasteiger partial charge in [0.05, 0.1) is 0 Å². The fourth-order valence-electron chi connectivity index (χ4n) is 4.04. The number of nitrogens with one attached hydrogen (secondary N) is 2. The zero-order valence-electron chi connectivity index (χ0n) is 16.5. The molecule has 0 aliphatic heterocycles. The van der Waals surface area contributed by atoms with Crippen molar-refractivity contribution in [1.29, 1.82) is 0 Å². The minimum Gasteiger partial charge on any atom is -0.373 e. The Hall–Kier alpha value is -3.29. The molecule has 1 saturated carbocycles. The van der Waals surface area contributed by atoms with Crippen molar-refractivity contribution in [2.75, 3.05) is 17.7 Å². The quantitative estimate of drug-likeness (QED) is 0.696. The molecule has 0 spiro atoms. The number of hydrogen-bond acceptors (Lipinski definition) is 6. The van der Waals surface area contributed by atoms with E-state index in [1.165, 1.54) is 5.57 Å². The average molecular weight is 389 g/mol. The molecule has 3 aromatic heterocycles. The molecule has 1 atom stereocenters. The Morgan fingerprint density at radius 1 is 1.17 bits per heavy atom. The van der Waals surface area contributed by atoms with Crippen molar-refractivity contribution in [2.24, 2.45) is 13.0 Å². The standard InChI is InChI=1S/C21H23N7O/c1-22-19-17-10-23-18(27-21(29)12-3-4-12)8-15(17)16(9-24-19)13-5-6-14(7-13)20-25-11-26-28(20)2/h5,8-12,14H,3-4,6-7H2,1-2H3,(H,22,24)(H,23,27,29). The number of fused-ring (bicyclic) bond motifs is 1. The van der Waals surface area contributed by atoms with Crippen molar-refractivity contribution >= 4 is 33.9 Å². The van der Waals surface area contributed by atoms with Gasteiger partial charge in [0, 0.05) is 49.3 Å². The summed E-state index contributed by atoms with van der Waals surface area (Å²) in [5, 5.41) is 12.3. The fourth-order valence-corrected chi connectivity index (χ4v) is 4.04. The van der Waals surface area contributed by atoms with E-state index in [1.807, 2.05) is 31.0 Å². The molecule has 3 aromatic rings. The second kappa shape index (κ2) is 6.95. The second-order valence-corrected chi connectivity index (χ2v) is 7.76. The van der Waals surface area contributed by atoms with Crippen LogP contribution in [0.2, 0.25) is 0 Å². The SMILES string of the molecule is CNc1ncc(C2=CCC(c3ncnn3C)C2)c2cc(NC(=O)C3CC3)ncc12. The molecule has 8 nitrogen and oxygen atoms in total. The molecule has 8 heteroatoms. The molecule has 148 valence electrons. The molecule has 0 radical (unpaired) electrons.